The molecule has 2 aromatic rings. The third-order valence-electron chi connectivity index (χ3n) is 4.02. The van der Waals surface area contributed by atoms with Crippen molar-refractivity contribution in [3.63, 3.8) is 0 Å². The Labute approximate surface area is 154 Å². The monoisotopic (exact) mass is 409 g/mol. The molecule has 0 atom stereocenters. The Kier molecular flexibility index (Phi) is 5.86. The summed E-state index contributed by atoms with van der Waals surface area (Å²) in [5.74, 6) is 0.529. The van der Waals surface area contributed by atoms with Gasteiger partial charge in [0.25, 0.3) is 5.91 Å². The van der Waals surface area contributed by atoms with Crippen LogP contribution in [0.15, 0.2) is 28.1 Å². The minimum Gasteiger partial charge on any atom is -0.496 e. The Bertz CT molecular complexity index is 714. The van der Waals surface area contributed by atoms with Gasteiger partial charge in [0.1, 0.15) is 5.75 Å². The summed E-state index contributed by atoms with van der Waals surface area (Å²) in [7, 11) is 1.60. The zero-order valence-electron chi connectivity index (χ0n) is 13.5. The number of rotatable bonds is 5. The van der Waals surface area contributed by atoms with Crippen molar-refractivity contribution in [2.75, 3.05) is 25.5 Å². The first kappa shape index (κ1) is 17.4. The Balaban J connectivity index is 1.61. The number of benzene rings is 1. The van der Waals surface area contributed by atoms with Crippen LogP contribution in [0, 0.1) is 0 Å². The average Bonchev–Trinajstić information content (AvgIpc) is 3.02. The van der Waals surface area contributed by atoms with Crippen molar-refractivity contribution in [1.82, 2.24) is 9.88 Å². The Morgan fingerprint density at radius 1 is 1.38 bits per heavy atom. The van der Waals surface area contributed by atoms with E-state index in [1.54, 1.807) is 25.3 Å². The van der Waals surface area contributed by atoms with E-state index in [1.807, 2.05) is 5.38 Å². The number of likely N-dealkylation sites (tertiary alicyclic amines) is 1. The zero-order valence-corrected chi connectivity index (χ0v) is 16.0. The molecule has 0 aliphatic carbocycles. The van der Waals surface area contributed by atoms with E-state index in [2.05, 4.69) is 31.1 Å². The molecule has 1 aliphatic heterocycles. The van der Waals surface area contributed by atoms with Gasteiger partial charge in [-0.25, -0.2) is 4.98 Å². The molecule has 1 amide bonds. The molecule has 1 fully saturated rings. The van der Waals surface area contributed by atoms with Crippen molar-refractivity contribution in [2.24, 2.45) is 0 Å². The quantitative estimate of drug-likeness (QED) is 0.805. The van der Waals surface area contributed by atoms with Crippen molar-refractivity contribution >= 4 is 38.3 Å². The molecule has 1 aromatic carbocycles. The number of carbonyl (C=O) groups is 1. The van der Waals surface area contributed by atoms with E-state index < -0.39 is 0 Å². The number of amides is 1. The molecular weight excluding hydrogens is 390 g/mol. The van der Waals surface area contributed by atoms with Crippen LogP contribution in [0.25, 0.3) is 0 Å². The van der Waals surface area contributed by atoms with Crippen molar-refractivity contribution < 1.29 is 9.53 Å². The lowest BCUT2D eigenvalue weighted by Gasteiger charge is -2.25. The number of carbonyl (C=O) groups excluding carboxylic acids is 1. The van der Waals surface area contributed by atoms with Crippen LogP contribution >= 0.6 is 27.3 Å². The second-order valence-electron chi connectivity index (χ2n) is 5.78. The molecule has 24 heavy (non-hydrogen) atoms. The summed E-state index contributed by atoms with van der Waals surface area (Å²) in [6, 6.07) is 5.25. The molecule has 0 unspecified atom stereocenters. The maximum absolute atomic E-state index is 12.3. The van der Waals surface area contributed by atoms with Crippen molar-refractivity contribution in [3.05, 3.63) is 39.3 Å². The number of nitrogens with one attached hydrogen (secondary N) is 1. The molecule has 0 spiro atoms. The van der Waals surface area contributed by atoms with Gasteiger partial charge in [0, 0.05) is 17.5 Å². The fourth-order valence-electron chi connectivity index (χ4n) is 2.76. The van der Waals surface area contributed by atoms with E-state index in [1.165, 1.54) is 30.6 Å². The van der Waals surface area contributed by atoms with Gasteiger partial charge in [-0.15, -0.1) is 11.3 Å². The Morgan fingerprint density at radius 3 is 2.88 bits per heavy atom. The fraction of sp³-hybridized carbons (Fsp3) is 0.412. The van der Waals surface area contributed by atoms with E-state index in [0.29, 0.717) is 16.4 Å². The lowest BCUT2D eigenvalue weighted by atomic mass is 10.1. The van der Waals surface area contributed by atoms with E-state index in [-0.39, 0.29) is 5.91 Å². The van der Waals surface area contributed by atoms with Gasteiger partial charge in [0.2, 0.25) is 0 Å². The Hall–Kier alpha value is -1.44. The second kappa shape index (κ2) is 8.09. The maximum Gasteiger partial charge on any atom is 0.257 e. The molecule has 128 valence electrons. The van der Waals surface area contributed by atoms with E-state index in [9.17, 15) is 4.79 Å². The number of anilines is 1. The predicted octanol–water partition coefficient (Wildman–Crippen LogP) is 4.15. The molecule has 1 saturated heterocycles. The molecular formula is C17H20BrN3O2S. The minimum absolute atomic E-state index is 0.169. The van der Waals surface area contributed by atoms with Gasteiger partial charge < -0.3 is 4.74 Å². The molecule has 0 saturated carbocycles. The minimum atomic E-state index is -0.169. The van der Waals surface area contributed by atoms with Crippen molar-refractivity contribution in [1.29, 1.82) is 0 Å². The van der Waals surface area contributed by atoms with Crippen LogP contribution in [-0.2, 0) is 6.54 Å². The topological polar surface area (TPSA) is 54.5 Å². The summed E-state index contributed by atoms with van der Waals surface area (Å²) >= 11 is 4.86. The van der Waals surface area contributed by atoms with Gasteiger partial charge in [-0.1, -0.05) is 6.42 Å². The first-order valence-electron chi connectivity index (χ1n) is 7.97. The third-order valence-corrected chi connectivity index (χ3v) is 5.45. The normalized spacial score (nSPS) is 15.2. The van der Waals surface area contributed by atoms with E-state index >= 15 is 0 Å². The molecule has 3 rings (SSSR count). The average molecular weight is 410 g/mol. The molecule has 1 N–H and O–H groups in total. The highest BCUT2D eigenvalue weighted by Crippen LogP contribution is 2.26. The lowest BCUT2D eigenvalue weighted by Crippen LogP contribution is -2.29. The predicted molar refractivity (Wildman–Crippen MR) is 99.9 cm³/mol. The molecule has 2 heterocycles. The summed E-state index contributed by atoms with van der Waals surface area (Å²) < 4.78 is 5.93. The van der Waals surface area contributed by atoms with Gasteiger partial charge >= 0.3 is 0 Å². The Morgan fingerprint density at radius 2 is 2.17 bits per heavy atom. The number of methoxy groups -OCH3 is 1. The number of thiazole rings is 1. The molecule has 7 heteroatoms. The van der Waals surface area contributed by atoms with Crippen LogP contribution < -0.4 is 10.1 Å². The van der Waals surface area contributed by atoms with Crippen LogP contribution in [0.5, 0.6) is 5.75 Å². The van der Waals surface area contributed by atoms with E-state index in [4.69, 9.17) is 4.74 Å². The number of ether oxygens (including phenoxy) is 1. The maximum atomic E-state index is 12.3. The summed E-state index contributed by atoms with van der Waals surface area (Å²) in [6.45, 7) is 3.14. The summed E-state index contributed by atoms with van der Waals surface area (Å²) in [4.78, 5) is 19.3. The number of nitrogens with zero attached hydrogens (tertiary/aromatic N) is 2. The summed E-state index contributed by atoms with van der Waals surface area (Å²) in [5, 5.41) is 5.53. The highest BCUT2D eigenvalue weighted by atomic mass is 79.9. The van der Waals surface area contributed by atoms with Gasteiger partial charge in [-0.3, -0.25) is 15.0 Å². The van der Waals surface area contributed by atoms with E-state index in [0.717, 1.165) is 29.8 Å². The molecule has 1 aliphatic rings. The van der Waals surface area contributed by atoms with Crippen LogP contribution in [-0.4, -0.2) is 36.0 Å². The zero-order chi connectivity index (χ0) is 16.9. The van der Waals surface area contributed by atoms with Crippen LogP contribution in [0.1, 0.15) is 35.3 Å². The fourth-order valence-corrected chi connectivity index (χ4v) is 4.00. The van der Waals surface area contributed by atoms with Gasteiger partial charge in [-0.2, -0.15) is 0 Å². The number of hydrogen-bond acceptors (Lipinski definition) is 5. The summed E-state index contributed by atoms with van der Waals surface area (Å²) in [5.41, 5.74) is 1.59. The number of halogens is 1. The largest absolute Gasteiger partial charge is 0.496 e. The van der Waals surface area contributed by atoms with Crippen molar-refractivity contribution in [3.8, 4) is 5.75 Å². The lowest BCUT2D eigenvalue weighted by molar-refractivity contribution is 0.102. The number of aromatic nitrogens is 1. The van der Waals surface area contributed by atoms with Gasteiger partial charge in [-0.05, 0) is 60.1 Å². The van der Waals surface area contributed by atoms with Crippen LogP contribution in [0.3, 0.4) is 0 Å². The highest BCUT2D eigenvalue weighted by Gasteiger charge is 2.14. The first-order valence-corrected chi connectivity index (χ1v) is 9.64. The number of hydrogen-bond donors (Lipinski definition) is 1. The highest BCUT2D eigenvalue weighted by molar-refractivity contribution is 9.10. The molecule has 0 bridgehead atoms. The molecule has 1 aromatic heterocycles. The number of piperidine rings is 1. The van der Waals surface area contributed by atoms with Gasteiger partial charge in [0.05, 0.1) is 17.3 Å². The van der Waals surface area contributed by atoms with Crippen LogP contribution in [0.2, 0.25) is 0 Å². The standard InChI is InChI=1S/C17H20BrN3O2S/c1-23-15-6-5-12(9-14(15)18)16(22)20-17-19-13(11-24-17)10-21-7-3-2-4-8-21/h5-6,9,11H,2-4,7-8,10H2,1H3,(H,19,20,22). The molecule has 0 radical (unpaired) electrons. The summed E-state index contributed by atoms with van der Waals surface area (Å²) in [6.07, 6.45) is 3.85. The van der Waals surface area contributed by atoms with Crippen LogP contribution in [0.4, 0.5) is 5.13 Å². The van der Waals surface area contributed by atoms with Gasteiger partial charge in [0.15, 0.2) is 5.13 Å². The SMILES string of the molecule is COc1ccc(C(=O)Nc2nc(CN3CCCCC3)cs2)cc1Br. The third kappa shape index (κ3) is 4.34. The first-order chi connectivity index (χ1) is 11.7. The van der Waals surface area contributed by atoms with Crippen molar-refractivity contribution in [2.45, 2.75) is 25.8 Å². The second-order valence-corrected chi connectivity index (χ2v) is 7.50. The molecule has 5 nitrogen and oxygen atoms in total. The smallest absolute Gasteiger partial charge is 0.257 e.